The van der Waals surface area contributed by atoms with Crippen LogP contribution in [-0.4, -0.2) is 14.9 Å². The van der Waals surface area contributed by atoms with E-state index in [9.17, 15) is 0 Å². The van der Waals surface area contributed by atoms with E-state index in [1.54, 1.807) is 0 Å². The van der Waals surface area contributed by atoms with Crippen LogP contribution in [0.2, 0.25) is 0 Å². The smallest absolute Gasteiger partial charge is 0.214 e. The van der Waals surface area contributed by atoms with Gasteiger partial charge in [-0.15, -0.1) is 0 Å². The fourth-order valence-corrected chi connectivity index (χ4v) is 4.29. The largest absolute Gasteiger partial charge is 0.482 e. The number of nitrogen functional groups attached to an aromatic ring is 1. The van der Waals surface area contributed by atoms with Gasteiger partial charge in [0.2, 0.25) is 4.77 Å². The Morgan fingerprint density at radius 1 is 0.938 bits per heavy atom. The summed E-state index contributed by atoms with van der Waals surface area (Å²) in [4.78, 5) is 0. The van der Waals surface area contributed by atoms with E-state index in [1.807, 2.05) is 6.07 Å². The van der Waals surface area contributed by atoms with E-state index in [-0.39, 0.29) is 6.10 Å². The number of aromatic nitrogens is 3. The molecule has 180 valence electrons. The molecule has 6 heteroatoms. The molecule has 0 radical (unpaired) electrons. The lowest BCUT2D eigenvalue weighted by Crippen LogP contribution is -2.19. The lowest BCUT2D eigenvalue weighted by Gasteiger charge is -2.17. The summed E-state index contributed by atoms with van der Waals surface area (Å²) in [7, 11) is 0. The molecular formula is C26H44N4OS. The van der Waals surface area contributed by atoms with E-state index >= 15 is 0 Å². The number of aromatic amines is 1. The molecule has 1 atom stereocenters. The minimum Gasteiger partial charge on any atom is -0.482 e. The summed E-state index contributed by atoms with van der Waals surface area (Å²) in [5.74, 6) is 7.45. The zero-order chi connectivity index (χ0) is 23.0. The predicted octanol–water partition coefficient (Wildman–Crippen LogP) is 7.82. The molecule has 3 N–H and O–H groups in total. The van der Waals surface area contributed by atoms with Crippen LogP contribution in [-0.2, 0) is 6.42 Å². The van der Waals surface area contributed by atoms with Gasteiger partial charge in [0.25, 0.3) is 0 Å². The van der Waals surface area contributed by atoms with Crippen molar-refractivity contribution in [2.75, 3.05) is 5.84 Å². The average molecular weight is 461 g/mol. The molecule has 1 heterocycles. The van der Waals surface area contributed by atoms with Crippen LogP contribution in [0, 0.1) is 4.77 Å². The van der Waals surface area contributed by atoms with Gasteiger partial charge in [0.05, 0.1) is 0 Å². The van der Waals surface area contributed by atoms with Crippen LogP contribution >= 0.6 is 12.2 Å². The zero-order valence-corrected chi connectivity index (χ0v) is 21.1. The molecule has 2 aromatic rings. The van der Waals surface area contributed by atoms with Gasteiger partial charge < -0.3 is 10.6 Å². The highest BCUT2D eigenvalue weighted by atomic mass is 32.1. The normalized spacial score (nSPS) is 12.2. The summed E-state index contributed by atoms with van der Waals surface area (Å²) < 4.78 is 7.96. The lowest BCUT2D eigenvalue weighted by molar-refractivity contribution is 0.188. The number of nitrogens with zero attached hydrogens (tertiary/aromatic N) is 2. The van der Waals surface area contributed by atoms with Crippen molar-refractivity contribution >= 4 is 12.2 Å². The molecule has 1 aromatic heterocycles. The number of hydrogen-bond acceptors (Lipinski definition) is 4. The Morgan fingerprint density at radius 3 is 2.06 bits per heavy atom. The van der Waals surface area contributed by atoms with Gasteiger partial charge in [0, 0.05) is 0 Å². The Morgan fingerprint density at radius 2 is 1.53 bits per heavy atom. The molecule has 0 aliphatic heterocycles. The Kier molecular flexibility index (Phi) is 13.1. The minimum atomic E-state index is -0.223. The third kappa shape index (κ3) is 9.76. The van der Waals surface area contributed by atoms with Gasteiger partial charge in [-0.2, -0.15) is 5.10 Å². The van der Waals surface area contributed by atoms with Gasteiger partial charge in [-0.25, -0.2) is 4.68 Å². The van der Waals surface area contributed by atoms with Gasteiger partial charge in [0.15, 0.2) is 11.9 Å². The Bertz CT molecular complexity index is 801. The fraction of sp³-hybridized carbons (Fsp3) is 0.692. The summed E-state index contributed by atoms with van der Waals surface area (Å²) in [6.07, 6.45) is 19.6. The zero-order valence-electron chi connectivity index (χ0n) is 20.3. The van der Waals surface area contributed by atoms with E-state index in [0.717, 1.165) is 18.6 Å². The first-order valence-electron chi connectivity index (χ1n) is 12.8. The van der Waals surface area contributed by atoms with Crippen LogP contribution in [0.5, 0.6) is 5.75 Å². The van der Waals surface area contributed by atoms with E-state index in [0.29, 0.717) is 10.6 Å². The predicted molar refractivity (Wildman–Crippen MR) is 137 cm³/mol. The maximum Gasteiger partial charge on any atom is 0.214 e. The molecule has 1 aromatic carbocycles. The Balaban J connectivity index is 1.59. The number of hydrogen-bond donors (Lipinski definition) is 2. The van der Waals surface area contributed by atoms with Crippen molar-refractivity contribution in [2.45, 2.75) is 116 Å². The number of ether oxygens (including phenoxy) is 1. The Hall–Kier alpha value is -1.82. The molecule has 2 rings (SSSR count). The molecule has 0 saturated carbocycles. The highest BCUT2D eigenvalue weighted by Gasteiger charge is 2.18. The third-order valence-electron chi connectivity index (χ3n) is 6.14. The van der Waals surface area contributed by atoms with Crippen molar-refractivity contribution in [3.05, 3.63) is 40.4 Å². The summed E-state index contributed by atoms with van der Waals surface area (Å²) in [5.41, 5.74) is 1.33. The van der Waals surface area contributed by atoms with Crippen molar-refractivity contribution in [1.82, 2.24) is 14.9 Å². The van der Waals surface area contributed by atoms with E-state index in [2.05, 4.69) is 42.2 Å². The highest BCUT2D eigenvalue weighted by Crippen LogP contribution is 2.24. The van der Waals surface area contributed by atoms with Crippen molar-refractivity contribution in [3.63, 3.8) is 0 Å². The van der Waals surface area contributed by atoms with Crippen molar-refractivity contribution in [2.24, 2.45) is 0 Å². The highest BCUT2D eigenvalue weighted by molar-refractivity contribution is 7.71. The van der Waals surface area contributed by atoms with Crippen molar-refractivity contribution in [1.29, 1.82) is 0 Å². The first-order valence-corrected chi connectivity index (χ1v) is 13.2. The number of unbranched alkanes of at least 4 members (excludes halogenated alkanes) is 12. The lowest BCUT2D eigenvalue weighted by atomic mass is 10.0. The van der Waals surface area contributed by atoms with Crippen molar-refractivity contribution in [3.8, 4) is 5.75 Å². The first kappa shape index (κ1) is 26.4. The van der Waals surface area contributed by atoms with Gasteiger partial charge in [-0.05, 0) is 49.2 Å². The van der Waals surface area contributed by atoms with Crippen LogP contribution in [0.15, 0.2) is 24.3 Å². The van der Waals surface area contributed by atoms with Crippen LogP contribution < -0.4 is 10.6 Å². The third-order valence-corrected chi connectivity index (χ3v) is 6.42. The van der Waals surface area contributed by atoms with Gasteiger partial charge >= 0.3 is 0 Å². The molecular weight excluding hydrogens is 416 g/mol. The average Bonchev–Trinajstić information content (AvgIpc) is 3.13. The van der Waals surface area contributed by atoms with E-state index in [4.69, 9.17) is 22.8 Å². The SMILES string of the molecule is CCCCCCCCCCCCCCCc1cccc(OC(CC)c2n[nH]c(=S)n2N)c1. The molecule has 0 saturated heterocycles. The molecule has 0 spiro atoms. The topological polar surface area (TPSA) is 68.9 Å². The van der Waals surface area contributed by atoms with Crippen molar-refractivity contribution < 1.29 is 4.74 Å². The molecule has 0 amide bonds. The molecule has 0 fully saturated rings. The molecule has 0 aliphatic carbocycles. The van der Waals surface area contributed by atoms with Gasteiger partial charge in [-0.1, -0.05) is 103 Å². The standard InChI is InChI=1S/C26H44N4OS/c1-3-5-6-7-8-9-10-11-12-13-14-15-16-18-22-19-17-20-23(21-22)31-24(4-2)25-28-29-26(32)30(25)27/h17,19-21,24H,3-16,18,27H2,1-2H3,(H,29,32). The Labute approximate surface area is 200 Å². The summed E-state index contributed by atoms with van der Waals surface area (Å²) in [5, 5.41) is 6.94. The van der Waals surface area contributed by atoms with E-state index < -0.39 is 0 Å². The number of benzene rings is 1. The molecule has 0 bridgehead atoms. The second kappa shape index (κ2) is 15.9. The van der Waals surface area contributed by atoms with Gasteiger partial charge in [-0.3, -0.25) is 5.10 Å². The number of H-pyrrole nitrogens is 1. The number of nitrogens with one attached hydrogen (secondary N) is 1. The van der Waals surface area contributed by atoms with Crippen LogP contribution in [0.3, 0.4) is 0 Å². The second-order valence-corrected chi connectivity index (χ2v) is 9.30. The van der Waals surface area contributed by atoms with E-state index in [1.165, 1.54) is 93.7 Å². The second-order valence-electron chi connectivity index (χ2n) is 8.91. The quantitative estimate of drug-likeness (QED) is 0.135. The number of aryl methyl sites for hydroxylation is 1. The number of nitrogens with two attached hydrogens (primary N) is 1. The molecule has 0 aliphatic rings. The van der Waals surface area contributed by atoms with Gasteiger partial charge in [0.1, 0.15) is 5.75 Å². The number of rotatable bonds is 18. The minimum absolute atomic E-state index is 0.223. The molecule has 32 heavy (non-hydrogen) atoms. The summed E-state index contributed by atoms with van der Waals surface area (Å²) in [6.45, 7) is 4.34. The summed E-state index contributed by atoms with van der Waals surface area (Å²) in [6, 6.07) is 8.40. The fourth-order valence-electron chi connectivity index (χ4n) is 4.15. The molecule has 5 nitrogen and oxygen atoms in total. The molecule has 1 unspecified atom stereocenters. The van der Waals surface area contributed by atoms with Crippen LogP contribution in [0.1, 0.15) is 121 Å². The first-order chi connectivity index (χ1) is 15.7. The van der Waals surface area contributed by atoms with Crippen LogP contribution in [0.4, 0.5) is 0 Å². The van der Waals surface area contributed by atoms with Crippen LogP contribution in [0.25, 0.3) is 0 Å². The summed E-state index contributed by atoms with van der Waals surface area (Å²) >= 11 is 5.11. The maximum atomic E-state index is 6.17. The monoisotopic (exact) mass is 460 g/mol. The maximum absolute atomic E-state index is 6.17.